The second kappa shape index (κ2) is 10.0. The van der Waals surface area contributed by atoms with Crippen molar-refractivity contribution in [1.82, 2.24) is 9.88 Å². The van der Waals surface area contributed by atoms with E-state index in [1.54, 1.807) is 11.3 Å². The minimum absolute atomic E-state index is 0.00211. The molecule has 0 spiro atoms. The highest BCUT2D eigenvalue weighted by molar-refractivity contribution is 7.22. The molecule has 1 heterocycles. The number of fused-ring (bicyclic) bond motifs is 1. The van der Waals surface area contributed by atoms with Crippen molar-refractivity contribution in [3.8, 4) is 0 Å². The van der Waals surface area contributed by atoms with Gasteiger partial charge in [0.1, 0.15) is 0 Å². The number of aromatic nitrogens is 1. The molecule has 5 nitrogen and oxygen atoms in total. The van der Waals surface area contributed by atoms with Crippen LogP contribution in [0, 0.1) is 0 Å². The molecule has 0 aliphatic carbocycles. The van der Waals surface area contributed by atoms with Crippen LogP contribution in [0.2, 0.25) is 0 Å². The van der Waals surface area contributed by atoms with Gasteiger partial charge in [-0.2, -0.15) is 0 Å². The SMILES string of the molecule is CCc1ccc2nc(N(CCN(C)C)C(=O)c3ccc(N(CC)CC)cc3)sc2c1. The molecule has 0 aliphatic rings. The van der Waals surface area contributed by atoms with Crippen LogP contribution in [0.3, 0.4) is 0 Å². The quantitative estimate of drug-likeness (QED) is 0.489. The molecule has 0 saturated heterocycles. The number of amides is 1. The summed E-state index contributed by atoms with van der Waals surface area (Å²) in [7, 11) is 4.04. The number of rotatable bonds is 9. The molecule has 0 aliphatic heterocycles. The zero-order valence-electron chi connectivity index (χ0n) is 18.7. The first kappa shape index (κ1) is 22.2. The predicted molar refractivity (Wildman–Crippen MR) is 129 cm³/mol. The van der Waals surface area contributed by atoms with Crippen LogP contribution in [0.25, 0.3) is 10.2 Å². The number of anilines is 2. The van der Waals surface area contributed by atoms with Gasteiger partial charge in [0.05, 0.1) is 10.2 Å². The summed E-state index contributed by atoms with van der Waals surface area (Å²) in [5.74, 6) is -0.00211. The largest absolute Gasteiger partial charge is 0.372 e. The molecule has 0 fully saturated rings. The van der Waals surface area contributed by atoms with Gasteiger partial charge in [-0.3, -0.25) is 9.69 Å². The minimum atomic E-state index is -0.00211. The fourth-order valence-electron chi connectivity index (χ4n) is 3.44. The molecule has 2 aromatic carbocycles. The van der Waals surface area contributed by atoms with E-state index in [0.717, 1.165) is 47.1 Å². The molecule has 3 aromatic rings. The molecule has 6 heteroatoms. The summed E-state index contributed by atoms with van der Waals surface area (Å²) in [6.45, 7) is 9.71. The number of benzene rings is 2. The van der Waals surface area contributed by atoms with Gasteiger partial charge in [-0.1, -0.05) is 24.3 Å². The zero-order valence-corrected chi connectivity index (χ0v) is 19.5. The fraction of sp³-hybridized carbons (Fsp3) is 0.417. The summed E-state index contributed by atoms with van der Waals surface area (Å²) >= 11 is 1.59. The van der Waals surface area contributed by atoms with E-state index >= 15 is 0 Å². The Morgan fingerprint density at radius 3 is 2.27 bits per heavy atom. The average molecular weight is 425 g/mol. The summed E-state index contributed by atoms with van der Waals surface area (Å²) in [5.41, 5.74) is 4.07. The lowest BCUT2D eigenvalue weighted by Crippen LogP contribution is -2.36. The van der Waals surface area contributed by atoms with E-state index in [9.17, 15) is 4.79 Å². The van der Waals surface area contributed by atoms with Gasteiger partial charge in [0.2, 0.25) is 0 Å². The van der Waals surface area contributed by atoms with E-state index in [1.807, 2.05) is 43.3 Å². The van der Waals surface area contributed by atoms with Gasteiger partial charge in [0.25, 0.3) is 5.91 Å². The summed E-state index contributed by atoms with van der Waals surface area (Å²) in [6.07, 6.45) is 0.991. The van der Waals surface area contributed by atoms with E-state index in [2.05, 4.69) is 48.8 Å². The number of nitrogens with zero attached hydrogens (tertiary/aromatic N) is 4. The Bertz CT molecular complexity index is 977. The number of thiazole rings is 1. The van der Waals surface area contributed by atoms with Gasteiger partial charge in [0.15, 0.2) is 5.13 Å². The first-order valence-electron chi connectivity index (χ1n) is 10.7. The summed E-state index contributed by atoms with van der Waals surface area (Å²) in [6, 6.07) is 14.3. The van der Waals surface area contributed by atoms with Crippen LogP contribution in [-0.2, 0) is 6.42 Å². The molecule has 0 radical (unpaired) electrons. The molecule has 3 rings (SSSR count). The highest BCUT2D eigenvalue weighted by Gasteiger charge is 2.21. The van der Waals surface area contributed by atoms with Crippen LogP contribution in [0.4, 0.5) is 10.8 Å². The third-order valence-electron chi connectivity index (χ3n) is 5.34. The number of carbonyl (C=O) groups is 1. The van der Waals surface area contributed by atoms with Crippen molar-refractivity contribution in [2.24, 2.45) is 0 Å². The van der Waals surface area contributed by atoms with Gasteiger partial charge < -0.3 is 9.80 Å². The van der Waals surface area contributed by atoms with E-state index in [-0.39, 0.29) is 5.91 Å². The average Bonchev–Trinajstić information content (AvgIpc) is 3.17. The Balaban J connectivity index is 1.92. The predicted octanol–water partition coefficient (Wildman–Crippen LogP) is 4.91. The molecule has 0 saturated carbocycles. The Labute approximate surface area is 183 Å². The molecular weight excluding hydrogens is 392 g/mol. The molecule has 1 aromatic heterocycles. The number of hydrogen-bond acceptors (Lipinski definition) is 5. The van der Waals surface area contributed by atoms with Crippen molar-refractivity contribution in [3.63, 3.8) is 0 Å². The smallest absolute Gasteiger partial charge is 0.260 e. The first-order valence-corrected chi connectivity index (χ1v) is 11.5. The Morgan fingerprint density at radius 1 is 0.967 bits per heavy atom. The maximum atomic E-state index is 13.4. The van der Waals surface area contributed by atoms with Crippen LogP contribution < -0.4 is 9.80 Å². The third-order valence-corrected chi connectivity index (χ3v) is 6.38. The summed E-state index contributed by atoms with van der Waals surface area (Å²) in [5, 5.41) is 0.762. The maximum absolute atomic E-state index is 13.4. The number of hydrogen-bond donors (Lipinski definition) is 0. The lowest BCUT2D eigenvalue weighted by atomic mass is 10.1. The van der Waals surface area contributed by atoms with E-state index in [4.69, 9.17) is 4.98 Å². The highest BCUT2D eigenvalue weighted by Crippen LogP contribution is 2.31. The Kier molecular flexibility index (Phi) is 7.45. The molecular formula is C24H32N4OS. The molecule has 160 valence electrons. The second-order valence-corrected chi connectivity index (χ2v) is 8.64. The molecule has 0 atom stereocenters. The summed E-state index contributed by atoms with van der Waals surface area (Å²) < 4.78 is 1.13. The van der Waals surface area contributed by atoms with Crippen molar-refractivity contribution in [2.75, 3.05) is 50.1 Å². The minimum Gasteiger partial charge on any atom is -0.372 e. The molecule has 1 amide bonds. The van der Waals surface area contributed by atoms with E-state index < -0.39 is 0 Å². The Morgan fingerprint density at radius 2 is 1.67 bits per heavy atom. The lowest BCUT2D eigenvalue weighted by molar-refractivity contribution is 0.0985. The van der Waals surface area contributed by atoms with Gasteiger partial charge in [-0.15, -0.1) is 0 Å². The van der Waals surface area contributed by atoms with Crippen molar-refractivity contribution in [3.05, 3.63) is 53.6 Å². The van der Waals surface area contributed by atoms with Crippen LogP contribution in [0.1, 0.15) is 36.7 Å². The van der Waals surface area contributed by atoms with Gasteiger partial charge in [0, 0.05) is 37.4 Å². The van der Waals surface area contributed by atoms with E-state index in [0.29, 0.717) is 12.1 Å². The summed E-state index contributed by atoms with van der Waals surface area (Å²) in [4.78, 5) is 24.4. The van der Waals surface area contributed by atoms with Crippen molar-refractivity contribution < 1.29 is 4.79 Å². The van der Waals surface area contributed by atoms with Gasteiger partial charge >= 0.3 is 0 Å². The van der Waals surface area contributed by atoms with Gasteiger partial charge in [-0.05, 0) is 76.3 Å². The third kappa shape index (κ3) is 4.99. The van der Waals surface area contributed by atoms with Crippen LogP contribution >= 0.6 is 11.3 Å². The highest BCUT2D eigenvalue weighted by atomic mass is 32.1. The van der Waals surface area contributed by atoms with E-state index in [1.165, 1.54) is 5.56 Å². The Hall–Kier alpha value is -2.44. The first-order chi connectivity index (χ1) is 14.5. The molecule has 30 heavy (non-hydrogen) atoms. The standard InChI is InChI=1S/C24H32N4OS/c1-6-18-9-14-21-22(17-18)30-24(25-21)28(16-15-26(4)5)23(29)19-10-12-20(13-11-19)27(7-2)8-3/h9-14,17H,6-8,15-16H2,1-5H3. The molecule has 0 N–H and O–H groups in total. The number of aryl methyl sites for hydroxylation is 1. The number of carbonyl (C=O) groups excluding carboxylic acids is 1. The molecule has 0 unspecified atom stereocenters. The zero-order chi connectivity index (χ0) is 21.7. The molecule has 0 bridgehead atoms. The topological polar surface area (TPSA) is 39.7 Å². The maximum Gasteiger partial charge on any atom is 0.260 e. The van der Waals surface area contributed by atoms with Crippen LogP contribution in [0.5, 0.6) is 0 Å². The fourth-order valence-corrected chi connectivity index (χ4v) is 4.49. The van der Waals surface area contributed by atoms with Crippen LogP contribution in [0.15, 0.2) is 42.5 Å². The van der Waals surface area contributed by atoms with Gasteiger partial charge in [-0.25, -0.2) is 4.98 Å². The lowest BCUT2D eigenvalue weighted by Gasteiger charge is -2.23. The number of likely N-dealkylation sites (N-methyl/N-ethyl adjacent to an activating group) is 1. The van der Waals surface area contributed by atoms with Crippen LogP contribution in [-0.4, -0.2) is 56.1 Å². The monoisotopic (exact) mass is 424 g/mol. The second-order valence-electron chi connectivity index (χ2n) is 7.63. The van der Waals surface area contributed by atoms with Crippen molar-refractivity contribution in [1.29, 1.82) is 0 Å². The normalized spacial score (nSPS) is 11.3. The van der Waals surface area contributed by atoms with Crippen molar-refractivity contribution >= 4 is 38.3 Å². The van der Waals surface area contributed by atoms with Crippen molar-refractivity contribution in [2.45, 2.75) is 27.2 Å².